The van der Waals surface area contributed by atoms with Crippen molar-refractivity contribution in [1.82, 2.24) is 15.0 Å². The molecule has 0 fully saturated rings. The zero-order valence-corrected chi connectivity index (χ0v) is 15.3. The van der Waals surface area contributed by atoms with Gasteiger partial charge in [0.25, 0.3) is 0 Å². The molecule has 0 aliphatic rings. The minimum Gasteiger partial charge on any atom is -0.508 e. The summed E-state index contributed by atoms with van der Waals surface area (Å²) in [7, 11) is 0. The number of aromatic nitrogens is 3. The summed E-state index contributed by atoms with van der Waals surface area (Å²) in [6.45, 7) is 0.462. The molecule has 4 aromatic rings. The van der Waals surface area contributed by atoms with Gasteiger partial charge in [-0.15, -0.1) is 17.0 Å². The average molecular weight is 415 g/mol. The molecule has 4 rings (SSSR count). The Kier molecular flexibility index (Phi) is 5.18. The SMILES string of the molecule is Br.Oc1ccc(-c2cc3c(NCc4cccc(F)c4)ncnc3[nH]2)cc1. The minimum absolute atomic E-state index is 0. The maximum atomic E-state index is 13.3. The van der Waals surface area contributed by atoms with E-state index in [0.717, 1.165) is 22.2 Å². The summed E-state index contributed by atoms with van der Waals surface area (Å²) in [6.07, 6.45) is 1.48. The van der Waals surface area contributed by atoms with Crippen LogP contribution in [-0.2, 0) is 6.54 Å². The molecule has 0 unspecified atom stereocenters. The molecular formula is C19H16BrFN4O. The van der Waals surface area contributed by atoms with Crippen molar-refractivity contribution in [3.63, 3.8) is 0 Å². The van der Waals surface area contributed by atoms with Crippen LogP contribution in [0.15, 0.2) is 60.9 Å². The van der Waals surface area contributed by atoms with Crippen molar-refractivity contribution < 1.29 is 9.50 Å². The van der Waals surface area contributed by atoms with Gasteiger partial charge in [-0.1, -0.05) is 12.1 Å². The van der Waals surface area contributed by atoms with Crippen molar-refractivity contribution in [3.05, 3.63) is 72.3 Å². The molecule has 0 radical (unpaired) electrons. The average Bonchev–Trinajstić information content (AvgIpc) is 3.05. The van der Waals surface area contributed by atoms with E-state index in [9.17, 15) is 9.50 Å². The van der Waals surface area contributed by atoms with Crippen LogP contribution in [0.4, 0.5) is 10.2 Å². The second-order valence-corrected chi connectivity index (χ2v) is 5.70. The van der Waals surface area contributed by atoms with Gasteiger partial charge in [-0.3, -0.25) is 0 Å². The molecule has 2 heterocycles. The van der Waals surface area contributed by atoms with E-state index in [0.29, 0.717) is 18.0 Å². The fourth-order valence-electron chi connectivity index (χ4n) is 2.71. The van der Waals surface area contributed by atoms with Crippen LogP contribution in [0.1, 0.15) is 5.56 Å². The van der Waals surface area contributed by atoms with Crippen molar-refractivity contribution in [2.75, 3.05) is 5.32 Å². The highest BCUT2D eigenvalue weighted by Crippen LogP contribution is 2.27. The summed E-state index contributed by atoms with van der Waals surface area (Å²) in [5.41, 5.74) is 3.36. The zero-order valence-electron chi connectivity index (χ0n) is 13.6. The lowest BCUT2D eigenvalue weighted by molar-refractivity contribution is 0.475. The van der Waals surface area contributed by atoms with Gasteiger partial charge < -0.3 is 15.4 Å². The Morgan fingerprint density at radius 1 is 1.04 bits per heavy atom. The number of nitrogens with zero attached hydrogens (tertiary/aromatic N) is 2. The van der Waals surface area contributed by atoms with Crippen molar-refractivity contribution >= 4 is 33.8 Å². The molecule has 0 aliphatic heterocycles. The maximum absolute atomic E-state index is 13.3. The molecule has 132 valence electrons. The summed E-state index contributed by atoms with van der Waals surface area (Å²) >= 11 is 0. The number of halogens is 2. The van der Waals surface area contributed by atoms with Crippen LogP contribution in [0.3, 0.4) is 0 Å². The monoisotopic (exact) mass is 414 g/mol. The van der Waals surface area contributed by atoms with Crippen LogP contribution in [0.25, 0.3) is 22.3 Å². The first kappa shape index (κ1) is 17.9. The Bertz CT molecular complexity index is 1030. The number of benzene rings is 2. The van der Waals surface area contributed by atoms with E-state index in [-0.39, 0.29) is 28.5 Å². The van der Waals surface area contributed by atoms with Gasteiger partial charge in [0, 0.05) is 12.2 Å². The van der Waals surface area contributed by atoms with E-state index in [1.165, 1.54) is 18.5 Å². The summed E-state index contributed by atoms with van der Waals surface area (Å²) in [5.74, 6) is 0.635. The predicted octanol–water partition coefficient (Wildman–Crippen LogP) is 4.66. The maximum Gasteiger partial charge on any atom is 0.143 e. The molecule has 0 saturated heterocycles. The fourth-order valence-corrected chi connectivity index (χ4v) is 2.71. The Morgan fingerprint density at radius 3 is 2.62 bits per heavy atom. The number of anilines is 1. The fraction of sp³-hybridized carbons (Fsp3) is 0.0526. The van der Waals surface area contributed by atoms with E-state index in [1.807, 2.05) is 24.3 Å². The Hall–Kier alpha value is -2.93. The number of hydrogen-bond donors (Lipinski definition) is 3. The number of aromatic amines is 1. The molecule has 2 aromatic carbocycles. The lowest BCUT2D eigenvalue weighted by atomic mass is 10.1. The van der Waals surface area contributed by atoms with Gasteiger partial charge in [0.2, 0.25) is 0 Å². The van der Waals surface area contributed by atoms with Crippen molar-refractivity contribution in [1.29, 1.82) is 0 Å². The van der Waals surface area contributed by atoms with Crippen molar-refractivity contribution in [2.24, 2.45) is 0 Å². The number of phenolic OH excluding ortho intramolecular Hbond substituents is 1. The molecule has 26 heavy (non-hydrogen) atoms. The molecule has 5 nitrogen and oxygen atoms in total. The van der Waals surface area contributed by atoms with E-state index >= 15 is 0 Å². The zero-order chi connectivity index (χ0) is 17.2. The molecule has 7 heteroatoms. The van der Waals surface area contributed by atoms with Crippen LogP contribution < -0.4 is 5.32 Å². The van der Waals surface area contributed by atoms with Crippen LogP contribution >= 0.6 is 17.0 Å². The topological polar surface area (TPSA) is 73.8 Å². The Labute approximate surface area is 159 Å². The van der Waals surface area contributed by atoms with Gasteiger partial charge >= 0.3 is 0 Å². The van der Waals surface area contributed by atoms with E-state index in [4.69, 9.17) is 0 Å². The molecule has 0 bridgehead atoms. The molecule has 0 atom stereocenters. The quantitative estimate of drug-likeness (QED) is 0.453. The van der Waals surface area contributed by atoms with Crippen LogP contribution in [-0.4, -0.2) is 20.1 Å². The number of phenols is 1. The third kappa shape index (κ3) is 3.67. The lowest BCUT2D eigenvalue weighted by Crippen LogP contribution is -2.02. The molecule has 0 spiro atoms. The van der Waals surface area contributed by atoms with Crippen LogP contribution in [0, 0.1) is 5.82 Å². The summed E-state index contributed by atoms with van der Waals surface area (Å²) in [4.78, 5) is 11.8. The molecule has 0 saturated carbocycles. The third-order valence-corrected chi connectivity index (χ3v) is 3.95. The van der Waals surface area contributed by atoms with E-state index in [1.54, 1.807) is 18.2 Å². The minimum atomic E-state index is -0.261. The van der Waals surface area contributed by atoms with E-state index < -0.39 is 0 Å². The number of H-pyrrole nitrogens is 1. The normalized spacial score (nSPS) is 10.5. The molecule has 0 aliphatic carbocycles. The number of nitrogens with one attached hydrogen (secondary N) is 2. The highest BCUT2D eigenvalue weighted by Gasteiger charge is 2.09. The van der Waals surface area contributed by atoms with Gasteiger partial charge in [0.15, 0.2) is 0 Å². The summed E-state index contributed by atoms with van der Waals surface area (Å²) in [5, 5.41) is 13.5. The van der Waals surface area contributed by atoms with Gasteiger partial charge in [-0.25, -0.2) is 14.4 Å². The molecule has 3 N–H and O–H groups in total. The van der Waals surface area contributed by atoms with Crippen molar-refractivity contribution in [3.8, 4) is 17.0 Å². The molecule has 0 amide bonds. The van der Waals surface area contributed by atoms with E-state index in [2.05, 4.69) is 20.3 Å². The Morgan fingerprint density at radius 2 is 1.85 bits per heavy atom. The second-order valence-electron chi connectivity index (χ2n) is 5.70. The van der Waals surface area contributed by atoms with Gasteiger partial charge in [-0.05, 0) is 53.6 Å². The molecule has 2 aromatic heterocycles. The number of aromatic hydroxyl groups is 1. The smallest absolute Gasteiger partial charge is 0.143 e. The Balaban J connectivity index is 0.00000196. The summed E-state index contributed by atoms with van der Waals surface area (Å²) in [6, 6.07) is 15.3. The molecular weight excluding hydrogens is 399 g/mol. The first-order valence-electron chi connectivity index (χ1n) is 7.80. The highest BCUT2D eigenvalue weighted by atomic mass is 79.9. The lowest BCUT2D eigenvalue weighted by Gasteiger charge is -2.06. The van der Waals surface area contributed by atoms with Crippen molar-refractivity contribution in [2.45, 2.75) is 6.54 Å². The number of fused-ring (bicyclic) bond motifs is 1. The van der Waals surface area contributed by atoms with Gasteiger partial charge in [0.05, 0.1) is 5.39 Å². The number of hydrogen-bond acceptors (Lipinski definition) is 4. The second kappa shape index (κ2) is 7.53. The van der Waals surface area contributed by atoms with Crippen LogP contribution in [0.5, 0.6) is 5.75 Å². The standard InChI is InChI=1S/C19H15FN4O.BrH/c20-14-3-1-2-12(8-14)10-21-18-16-9-17(24-19(16)23-11-22-18)13-4-6-15(25)7-5-13;/h1-9,11,25H,10H2,(H2,21,22,23,24);1H. The summed E-state index contributed by atoms with van der Waals surface area (Å²) < 4.78 is 13.3. The first-order chi connectivity index (χ1) is 12.2. The predicted molar refractivity (Wildman–Crippen MR) is 105 cm³/mol. The largest absolute Gasteiger partial charge is 0.508 e. The highest BCUT2D eigenvalue weighted by molar-refractivity contribution is 8.93. The van der Waals surface area contributed by atoms with Gasteiger partial charge in [-0.2, -0.15) is 0 Å². The number of rotatable bonds is 4. The van der Waals surface area contributed by atoms with Crippen LogP contribution in [0.2, 0.25) is 0 Å². The van der Waals surface area contributed by atoms with Gasteiger partial charge in [0.1, 0.15) is 29.4 Å². The first-order valence-corrected chi connectivity index (χ1v) is 7.80. The third-order valence-electron chi connectivity index (χ3n) is 3.95.